The first-order valence-corrected chi connectivity index (χ1v) is 16.9. The lowest BCUT2D eigenvalue weighted by atomic mass is 9.87. The Morgan fingerprint density at radius 2 is 1.72 bits per heavy atom. The molecule has 1 saturated heterocycles. The van der Waals surface area contributed by atoms with E-state index in [2.05, 4.69) is 65.7 Å². The van der Waals surface area contributed by atoms with Crippen molar-refractivity contribution in [3.8, 4) is 11.8 Å². The number of H-pyrrole nitrogens is 1. The standard InChI is InChI=1S/C37H53N5O5/c1-8-41(29-11-13-30(14-12-29)42(36(45)46)24-37(5,6)7)33-22-28(10-9-15-40-16-18-47-19-17-40)21-31(27(33)4)34(43)38-23-32-25(2)20-26(3)39-35(32)44/h20-22,29-30H,8,11-19,23-24H2,1-7H3,(H,38,43)(H,39,44)(H,45,46)/t29-,30-. The second-order valence-corrected chi connectivity index (χ2v) is 14.2. The second-order valence-electron chi connectivity index (χ2n) is 14.2. The SMILES string of the molecule is CCN(c1cc(C#CCN2CCOCC2)cc(C(=O)NCc2c(C)cc(C)[nH]c2=O)c1C)[C@H]1CC[C@H](N(CC(C)(C)C)C(=O)O)CC1. The highest BCUT2D eigenvalue weighted by Crippen LogP contribution is 2.34. The molecule has 0 radical (unpaired) electrons. The normalized spacial score (nSPS) is 18.6. The van der Waals surface area contributed by atoms with Crippen molar-refractivity contribution in [3.63, 3.8) is 0 Å². The lowest BCUT2D eigenvalue weighted by Gasteiger charge is -2.42. The Bertz CT molecular complexity index is 1540. The van der Waals surface area contributed by atoms with Crippen LogP contribution in [0, 0.1) is 38.0 Å². The maximum atomic E-state index is 13.8. The molecule has 2 aromatic rings. The minimum atomic E-state index is -0.853. The van der Waals surface area contributed by atoms with Gasteiger partial charge in [0.05, 0.1) is 19.8 Å². The number of amides is 2. The first-order valence-electron chi connectivity index (χ1n) is 16.9. The van der Waals surface area contributed by atoms with Crippen molar-refractivity contribution < 1.29 is 19.4 Å². The van der Waals surface area contributed by atoms with Gasteiger partial charge in [-0.05, 0) is 88.1 Å². The fourth-order valence-corrected chi connectivity index (χ4v) is 6.85. The third-order valence-electron chi connectivity index (χ3n) is 9.27. The Morgan fingerprint density at radius 3 is 2.32 bits per heavy atom. The van der Waals surface area contributed by atoms with E-state index in [0.717, 1.165) is 73.4 Å². The van der Waals surface area contributed by atoms with E-state index in [9.17, 15) is 19.5 Å². The molecule has 1 aromatic heterocycles. The zero-order chi connectivity index (χ0) is 34.3. The third-order valence-corrected chi connectivity index (χ3v) is 9.27. The summed E-state index contributed by atoms with van der Waals surface area (Å²) in [6, 6.07) is 6.06. The summed E-state index contributed by atoms with van der Waals surface area (Å²) in [6.07, 6.45) is 2.44. The Morgan fingerprint density at radius 1 is 1.06 bits per heavy atom. The van der Waals surface area contributed by atoms with Crippen LogP contribution in [0.1, 0.15) is 91.7 Å². The molecule has 0 unspecified atom stereocenters. The van der Waals surface area contributed by atoms with E-state index in [1.165, 1.54) is 0 Å². The number of hydrogen-bond acceptors (Lipinski definition) is 6. The molecule has 2 fully saturated rings. The number of nitrogens with zero attached hydrogens (tertiary/aromatic N) is 3. The molecule has 2 heterocycles. The molecule has 2 aliphatic rings. The van der Waals surface area contributed by atoms with Gasteiger partial charge in [-0.1, -0.05) is 32.6 Å². The van der Waals surface area contributed by atoms with Gasteiger partial charge in [-0.3, -0.25) is 14.5 Å². The van der Waals surface area contributed by atoms with Crippen LogP contribution in [0.4, 0.5) is 10.5 Å². The summed E-state index contributed by atoms with van der Waals surface area (Å²) in [5.74, 6) is 6.38. The highest BCUT2D eigenvalue weighted by molar-refractivity contribution is 5.97. The number of benzene rings is 1. The molecule has 1 aliphatic carbocycles. The topological polar surface area (TPSA) is 118 Å². The molecule has 0 atom stereocenters. The van der Waals surface area contributed by atoms with Crippen LogP contribution in [-0.4, -0.2) is 89.9 Å². The van der Waals surface area contributed by atoms with E-state index in [0.29, 0.717) is 37.4 Å². The predicted molar refractivity (Wildman–Crippen MR) is 186 cm³/mol. The van der Waals surface area contributed by atoms with Crippen LogP contribution in [0.15, 0.2) is 23.0 Å². The quantitative estimate of drug-likeness (QED) is 0.325. The Hall–Kier alpha value is -3.81. The van der Waals surface area contributed by atoms with Gasteiger partial charge in [0, 0.05) is 72.9 Å². The maximum absolute atomic E-state index is 13.8. The minimum absolute atomic E-state index is 0.00473. The zero-order valence-corrected chi connectivity index (χ0v) is 29.3. The van der Waals surface area contributed by atoms with Crippen LogP contribution in [-0.2, 0) is 11.3 Å². The van der Waals surface area contributed by atoms with E-state index < -0.39 is 6.09 Å². The number of carboxylic acid groups (broad SMARTS) is 1. The second kappa shape index (κ2) is 15.9. The van der Waals surface area contributed by atoms with Crippen LogP contribution < -0.4 is 15.8 Å². The van der Waals surface area contributed by atoms with Crippen molar-refractivity contribution >= 4 is 17.7 Å². The largest absolute Gasteiger partial charge is 0.465 e. The fourth-order valence-electron chi connectivity index (χ4n) is 6.85. The summed E-state index contributed by atoms with van der Waals surface area (Å²) in [4.78, 5) is 47.6. The lowest BCUT2D eigenvalue weighted by molar-refractivity contribution is 0.0443. The molecule has 1 aromatic carbocycles. The van der Waals surface area contributed by atoms with Gasteiger partial charge >= 0.3 is 6.09 Å². The zero-order valence-electron chi connectivity index (χ0n) is 29.3. The number of aromatic nitrogens is 1. The molecule has 0 spiro atoms. The molecule has 1 aliphatic heterocycles. The van der Waals surface area contributed by atoms with Crippen LogP contribution in [0.5, 0.6) is 0 Å². The van der Waals surface area contributed by atoms with Gasteiger partial charge in [0.15, 0.2) is 0 Å². The number of ether oxygens (including phenoxy) is 1. The minimum Gasteiger partial charge on any atom is -0.465 e. The van der Waals surface area contributed by atoms with Gasteiger partial charge in [-0.2, -0.15) is 0 Å². The smallest absolute Gasteiger partial charge is 0.407 e. The highest BCUT2D eigenvalue weighted by atomic mass is 16.5. The number of aromatic amines is 1. The van der Waals surface area contributed by atoms with E-state index in [4.69, 9.17) is 4.74 Å². The van der Waals surface area contributed by atoms with Gasteiger partial charge in [-0.25, -0.2) is 4.79 Å². The van der Waals surface area contributed by atoms with Crippen molar-refractivity contribution in [3.05, 3.63) is 62.1 Å². The summed E-state index contributed by atoms with van der Waals surface area (Å²) in [5, 5.41) is 13.0. The van der Waals surface area contributed by atoms with Crippen LogP contribution in [0.3, 0.4) is 0 Å². The Labute approximate surface area is 279 Å². The van der Waals surface area contributed by atoms with Gasteiger partial charge in [-0.15, -0.1) is 0 Å². The number of aryl methyl sites for hydroxylation is 2. The molecular formula is C37H53N5O5. The summed E-state index contributed by atoms with van der Waals surface area (Å²) in [7, 11) is 0. The fraction of sp³-hybridized carbons (Fsp3) is 0.595. The molecule has 10 nitrogen and oxygen atoms in total. The number of carbonyl (C=O) groups excluding carboxylic acids is 1. The number of nitrogens with one attached hydrogen (secondary N) is 2. The van der Waals surface area contributed by atoms with Crippen molar-refractivity contribution in [1.29, 1.82) is 0 Å². The van der Waals surface area contributed by atoms with E-state index in [1.54, 1.807) is 4.90 Å². The maximum Gasteiger partial charge on any atom is 0.407 e. The highest BCUT2D eigenvalue weighted by Gasteiger charge is 2.33. The molecule has 3 N–H and O–H groups in total. The van der Waals surface area contributed by atoms with Crippen molar-refractivity contribution in [2.75, 3.05) is 50.8 Å². The van der Waals surface area contributed by atoms with Crippen LogP contribution in [0.25, 0.3) is 0 Å². The number of hydrogen-bond donors (Lipinski definition) is 3. The van der Waals surface area contributed by atoms with E-state index in [-0.39, 0.29) is 35.5 Å². The molecule has 256 valence electrons. The van der Waals surface area contributed by atoms with Crippen LogP contribution >= 0.6 is 0 Å². The van der Waals surface area contributed by atoms with Gasteiger partial charge in [0.2, 0.25) is 0 Å². The van der Waals surface area contributed by atoms with Crippen LogP contribution in [0.2, 0.25) is 0 Å². The molecule has 47 heavy (non-hydrogen) atoms. The molecule has 0 bridgehead atoms. The summed E-state index contributed by atoms with van der Waals surface area (Å²) in [6.45, 7) is 19.1. The molecular weight excluding hydrogens is 594 g/mol. The van der Waals surface area contributed by atoms with Crippen molar-refractivity contribution in [2.24, 2.45) is 5.41 Å². The Balaban J connectivity index is 1.60. The van der Waals surface area contributed by atoms with Crippen molar-refractivity contribution in [2.45, 2.75) is 92.8 Å². The van der Waals surface area contributed by atoms with Gasteiger partial charge < -0.3 is 29.9 Å². The summed E-state index contributed by atoms with van der Waals surface area (Å²) < 4.78 is 5.47. The molecule has 4 rings (SSSR count). The van der Waals surface area contributed by atoms with Crippen molar-refractivity contribution in [1.82, 2.24) is 20.1 Å². The Kier molecular flexibility index (Phi) is 12.2. The summed E-state index contributed by atoms with van der Waals surface area (Å²) in [5.41, 5.74) is 4.97. The van der Waals surface area contributed by atoms with Gasteiger partial charge in [0.1, 0.15) is 0 Å². The first kappa shape index (κ1) is 36.0. The molecule has 1 saturated carbocycles. The average Bonchev–Trinajstić information content (AvgIpc) is 3.01. The number of anilines is 1. The average molecular weight is 648 g/mol. The number of morpholine rings is 1. The molecule has 2 amide bonds. The number of rotatable bonds is 9. The first-order chi connectivity index (χ1) is 22.3. The molecule has 10 heteroatoms. The number of pyridine rings is 1. The monoisotopic (exact) mass is 647 g/mol. The number of carbonyl (C=O) groups is 2. The lowest BCUT2D eigenvalue weighted by Crippen LogP contribution is -2.48. The van der Waals surface area contributed by atoms with Gasteiger partial charge in [0.25, 0.3) is 11.5 Å². The van der Waals surface area contributed by atoms with E-state index >= 15 is 0 Å². The summed E-state index contributed by atoms with van der Waals surface area (Å²) >= 11 is 0. The third kappa shape index (κ3) is 9.61. The van der Waals surface area contributed by atoms with E-state index in [1.807, 2.05) is 32.9 Å². The predicted octanol–water partition coefficient (Wildman–Crippen LogP) is 5.08.